The number of hydrogen-bond acceptors (Lipinski definition) is 5. The number of hydrogen-bond donors (Lipinski definition) is 3. The largest absolute Gasteiger partial charge is 0.382 e. The predicted molar refractivity (Wildman–Crippen MR) is 149 cm³/mol. The van der Waals surface area contributed by atoms with Crippen LogP contribution in [0.25, 0.3) is 0 Å². The molecule has 6 nitrogen and oxygen atoms in total. The monoisotopic (exact) mass is 467 g/mol. The van der Waals surface area contributed by atoms with Crippen LogP contribution in [0.5, 0.6) is 0 Å². The third-order valence-electron chi connectivity index (χ3n) is 4.13. The zero-order valence-corrected chi connectivity index (χ0v) is 22.2. The van der Waals surface area contributed by atoms with Gasteiger partial charge in [0.05, 0.1) is 6.54 Å². The van der Waals surface area contributed by atoms with Crippen LogP contribution in [0.3, 0.4) is 0 Å². The van der Waals surface area contributed by atoms with Crippen LogP contribution in [0, 0.1) is 12.3 Å². The van der Waals surface area contributed by atoms with E-state index in [0.717, 1.165) is 41.6 Å². The first kappa shape index (κ1) is 30.7. The van der Waals surface area contributed by atoms with Crippen LogP contribution in [0.4, 0.5) is 5.69 Å². The summed E-state index contributed by atoms with van der Waals surface area (Å²) in [7, 11) is 1.82. The molecule has 0 spiro atoms. The van der Waals surface area contributed by atoms with Crippen LogP contribution in [0.1, 0.15) is 53.0 Å². The van der Waals surface area contributed by atoms with E-state index in [1.54, 1.807) is 5.01 Å². The normalized spacial score (nSPS) is 12.6. The Morgan fingerprint density at radius 2 is 1.79 bits per heavy atom. The summed E-state index contributed by atoms with van der Waals surface area (Å²) < 4.78 is 0. The predicted octanol–water partition coefficient (Wildman–Crippen LogP) is 5.76. The molecule has 0 saturated heterocycles. The van der Waals surface area contributed by atoms with Gasteiger partial charge in [0.2, 0.25) is 0 Å². The van der Waals surface area contributed by atoms with Crippen LogP contribution in [0.15, 0.2) is 77.6 Å². The Balaban J connectivity index is 0.00000196. The zero-order chi connectivity index (χ0) is 26.0. The van der Waals surface area contributed by atoms with Crippen molar-refractivity contribution in [2.75, 3.05) is 25.6 Å². The van der Waals surface area contributed by atoms with Crippen LogP contribution < -0.4 is 16.4 Å². The molecular formula is C28H45N5O. The molecule has 1 aromatic carbocycles. The lowest BCUT2D eigenvalue weighted by Gasteiger charge is -2.19. The van der Waals surface area contributed by atoms with Gasteiger partial charge in [-0.25, -0.2) is 0 Å². The molecule has 0 unspecified atom stereocenters. The van der Waals surface area contributed by atoms with E-state index in [-0.39, 0.29) is 0 Å². The van der Waals surface area contributed by atoms with Crippen molar-refractivity contribution >= 4 is 17.8 Å². The molecule has 0 radical (unpaired) electrons. The number of nitrogens with one attached hydrogen (secondary N) is 2. The van der Waals surface area contributed by atoms with Gasteiger partial charge in [0, 0.05) is 18.4 Å². The number of nitrogens with zero attached hydrogens (tertiary/aromatic N) is 2. The lowest BCUT2D eigenvalue weighted by Crippen LogP contribution is -2.31. The van der Waals surface area contributed by atoms with E-state index in [2.05, 4.69) is 62.2 Å². The molecule has 6 heteroatoms. The van der Waals surface area contributed by atoms with Gasteiger partial charge in [0.25, 0.3) is 0 Å². The molecule has 0 saturated carbocycles. The van der Waals surface area contributed by atoms with Crippen LogP contribution in [0.2, 0.25) is 0 Å². The second-order valence-electron chi connectivity index (χ2n) is 9.59. The topological polar surface area (TPSA) is 82.8 Å². The molecule has 1 rings (SSSR count). The maximum atomic E-state index is 10.9. The number of para-hydroxylation sites is 1. The van der Waals surface area contributed by atoms with Gasteiger partial charge in [-0.15, -0.1) is 6.58 Å². The SMILES string of the molecule is C=CCC=CC/C=C(C)/C(N)=N/N(C)CN/C(=C\C=O)CNc1ccccc1C.CC(C)(C)C. The molecule has 0 aliphatic heterocycles. The summed E-state index contributed by atoms with van der Waals surface area (Å²) in [6.45, 7) is 17.3. The zero-order valence-electron chi connectivity index (χ0n) is 22.2. The molecule has 0 bridgehead atoms. The first-order valence-corrected chi connectivity index (χ1v) is 11.6. The molecule has 4 N–H and O–H groups in total. The Bertz CT molecular complexity index is 854. The number of hydrazone groups is 1. The van der Waals surface area contributed by atoms with E-state index in [0.29, 0.717) is 24.5 Å². The second-order valence-corrected chi connectivity index (χ2v) is 9.59. The third-order valence-corrected chi connectivity index (χ3v) is 4.13. The van der Waals surface area contributed by atoms with Gasteiger partial charge in [-0.3, -0.25) is 9.80 Å². The van der Waals surface area contributed by atoms with E-state index in [9.17, 15) is 4.79 Å². The number of carbonyl (C=O) groups excluding carboxylic acids is 1. The molecule has 0 aliphatic carbocycles. The standard InChI is InChI=1S/C23H33N5O.C5H12/c1-5-6-7-8-9-13-20(3)23(24)27-28(4)18-26-21(15-16-29)17-25-22-14-11-10-12-19(22)2;1-5(2,3)4/h5,7-8,10-16,25-26H,1,6,9,17-18H2,2-4H3,(H2,24,27);1-4H3/b8-7?,20-13+,21-15-;. The number of nitrogens with two attached hydrogens (primary N) is 1. The Morgan fingerprint density at radius 1 is 1.18 bits per heavy atom. The number of amidine groups is 1. The average Bonchev–Trinajstić information content (AvgIpc) is 2.75. The summed E-state index contributed by atoms with van der Waals surface area (Å²) in [4.78, 5) is 10.9. The van der Waals surface area contributed by atoms with Gasteiger partial charge in [0.15, 0.2) is 0 Å². The maximum absolute atomic E-state index is 10.9. The number of rotatable bonds is 13. The second kappa shape index (κ2) is 17.2. The van der Waals surface area contributed by atoms with Gasteiger partial charge in [-0.2, -0.15) is 5.10 Å². The lowest BCUT2D eigenvalue weighted by atomic mass is 10.0. The molecule has 0 heterocycles. The minimum Gasteiger partial charge on any atom is -0.382 e. The smallest absolute Gasteiger partial charge is 0.146 e. The molecule has 188 valence electrons. The highest BCUT2D eigenvalue weighted by Crippen LogP contribution is 2.13. The van der Waals surface area contributed by atoms with Crippen molar-refractivity contribution < 1.29 is 4.79 Å². The van der Waals surface area contributed by atoms with E-state index in [1.807, 2.05) is 57.3 Å². The number of allylic oxidation sites excluding steroid dienone is 5. The number of aryl methyl sites for hydroxylation is 1. The minimum atomic E-state index is 0.419. The van der Waals surface area contributed by atoms with Gasteiger partial charge in [-0.1, -0.05) is 70.2 Å². The fourth-order valence-electron chi connectivity index (χ4n) is 2.38. The molecule has 0 aromatic heterocycles. The van der Waals surface area contributed by atoms with Crippen molar-refractivity contribution in [2.24, 2.45) is 16.3 Å². The van der Waals surface area contributed by atoms with Crippen molar-refractivity contribution in [3.8, 4) is 0 Å². The molecule has 0 fully saturated rings. The molecular weight excluding hydrogens is 422 g/mol. The first-order chi connectivity index (χ1) is 16.0. The highest BCUT2D eigenvalue weighted by Gasteiger charge is 2.03. The number of carbonyl (C=O) groups is 1. The third kappa shape index (κ3) is 17.3. The molecule has 0 amide bonds. The van der Waals surface area contributed by atoms with Gasteiger partial charge in [-0.05, 0) is 55.4 Å². The summed E-state index contributed by atoms with van der Waals surface area (Å²) in [5.74, 6) is 0.463. The summed E-state index contributed by atoms with van der Waals surface area (Å²) in [6.07, 6.45) is 12.0. The quantitative estimate of drug-likeness (QED) is 0.0653. The number of benzene rings is 1. The summed E-state index contributed by atoms with van der Waals surface area (Å²) >= 11 is 0. The van der Waals surface area contributed by atoms with Crippen molar-refractivity contribution in [3.05, 3.63) is 78.1 Å². The first-order valence-electron chi connectivity index (χ1n) is 11.6. The molecule has 1 aromatic rings. The summed E-state index contributed by atoms with van der Waals surface area (Å²) in [5, 5.41) is 12.6. The Labute approximate surface area is 207 Å². The van der Waals surface area contributed by atoms with Crippen molar-refractivity contribution in [2.45, 2.75) is 54.4 Å². The summed E-state index contributed by atoms with van der Waals surface area (Å²) in [5.41, 5.74) is 10.4. The van der Waals surface area contributed by atoms with Gasteiger partial charge >= 0.3 is 0 Å². The molecule has 34 heavy (non-hydrogen) atoms. The maximum Gasteiger partial charge on any atom is 0.146 e. The molecule has 0 aliphatic rings. The lowest BCUT2D eigenvalue weighted by molar-refractivity contribution is -0.104. The highest BCUT2D eigenvalue weighted by molar-refractivity contribution is 5.96. The van der Waals surface area contributed by atoms with Gasteiger partial charge in [0.1, 0.15) is 18.8 Å². The average molecular weight is 468 g/mol. The molecule has 0 atom stereocenters. The van der Waals surface area contributed by atoms with Crippen LogP contribution in [-0.2, 0) is 4.79 Å². The number of anilines is 1. The Kier molecular flexibility index (Phi) is 15.6. The van der Waals surface area contributed by atoms with E-state index >= 15 is 0 Å². The summed E-state index contributed by atoms with van der Waals surface area (Å²) in [6, 6.07) is 8.01. The minimum absolute atomic E-state index is 0.419. The van der Waals surface area contributed by atoms with Crippen molar-refractivity contribution in [1.29, 1.82) is 0 Å². The van der Waals surface area contributed by atoms with Crippen molar-refractivity contribution in [3.63, 3.8) is 0 Å². The van der Waals surface area contributed by atoms with E-state index in [4.69, 9.17) is 5.73 Å². The van der Waals surface area contributed by atoms with E-state index in [1.165, 1.54) is 6.08 Å². The highest BCUT2D eigenvalue weighted by atomic mass is 16.1. The Hall–Kier alpha value is -3.28. The van der Waals surface area contributed by atoms with Crippen LogP contribution >= 0.6 is 0 Å². The fraction of sp³-hybridized carbons (Fsp3) is 0.429. The van der Waals surface area contributed by atoms with Crippen molar-refractivity contribution in [1.82, 2.24) is 10.3 Å². The number of aldehydes is 1. The van der Waals surface area contributed by atoms with Crippen LogP contribution in [-0.4, -0.2) is 37.4 Å². The Morgan fingerprint density at radius 3 is 2.38 bits per heavy atom. The van der Waals surface area contributed by atoms with E-state index < -0.39 is 0 Å². The fourth-order valence-corrected chi connectivity index (χ4v) is 2.38. The van der Waals surface area contributed by atoms with Gasteiger partial charge < -0.3 is 16.4 Å².